The summed E-state index contributed by atoms with van der Waals surface area (Å²) in [5.41, 5.74) is -0.147. The molecule has 0 aliphatic rings. The Balaban J connectivity index is 2.76. The third-order valence-corrected chi connectivity index (χ3v) is 4.97. The molecular weight excluding hydrogens is 422 g/mol. The Hall–Kier alpha value is -2.47. The van der Waals surface area contributed by atoms with Crippen LogP contribution in [0.4, 0.5) is 10.5 Å². The second-order valence-corrected chi connectivity index (χ2v) is 7.77. The monoisotopic (exact) mass is 445 g/mol. The normalized spacial score (nSPS) is 12.5. The molecule has 0 saturated heterocycles. The molecule has 0 spiro atoms. The van der Waals surface area contributed by atoms with Gasteiger partial charge < -0.3 is 20.5 Å². The lowest BCUT2D eigenvalue weighted by atomic mass is 10.2. The fourth-order valence-electron chi connectivity index (χ4n) is 2.16. The van der Waals surface area contributed by atoms with E-state index < -0.39 is 35.0 Å². The molecule has 0 saturated carbocycles. The van der Waals surface area contributed by atoms with E-state index in [0.29, 0.717) is 11.5 Å². The number of thioether (sulfide) groups is 2. The van der Waals surface area contributed by atoms with Crippen LogP contribution in [-0.2, 0) is 9.59 Å². The highest BCUT2D eigenvalue weighted by Gasteiger charge is 2.25. The van der Waals surface area contributed by atoms with Crippen molar-refractivity contribution >= 4 is 47.2 Å². The minimum absolute atomic E-state index is 0.0975. The number of aliphatic carboxylic acids is 1. The van der Waals surface area contributed by atoms with Gasteiger partial charge >= 0.3 is 18.0 Å². The molecular formula is C17H23N3O7S2. The highest BCUT2D eigenvalue weighted by molar-refractivity contribution is 7.98. The van der Waals surface area contributed by atoms with E-state index in [-0.39, 0.29) is 24.3 Å². The molecule has 2 atom stereocenters. The zero-order valence-electron chi connectivity index (χ0n) is 16.0. The molecule has 29 heavy (non-hydrogen) atoms. The van der Waals surface area contributed by atoms with Crippen LogP contribution in [0.5, 0.6) is 5.75 Å². The molecule has 10 nitrogen and oxygen atoms in total. The fraction of sp³-hybridized carbons (Fsp3) is 0.471. The molecule has 0 aromatic heterocycles. The summed E-state index contributed by atoms with van der Waals surface area (Å²) >= 11 is 2.92. The molecule has 2 amide bonds. The van der Waals surface area contributed by atoms with Gasteiger partial charge in [-0.25, -0.2) is 14.4 Å². The Kier molecular flexibility index (Phi) is 10.9. The van der Waals surface area contributed by atoms with E-state index in [1.54, 1.807) is 0 Å². The number of non-ortho nitro benzene ring substituents is 1. The molecule has 1 aromatic carbocycles. The summed E-state index contributed by atoms with van der Waals surface area (Å²) in [4.78, 5) is 46.0. The first-order valence-corrected chi connectivity index (χ1v) is 11.3. The molecule has 0 radical (unpaired) electrons. The number of nitrogens with one attached hydrogen (secondary N) is 2. The number of amides is 2. The summed E-state index contributed by atoms with van der Waals surface area (Å²) in [5, 5.41) is 24.7. The van der Waals surface area contributed by atoms with Gasteiger partial charge in [0.15, 0.2) is 0 Å². The lowest BCUT2D eigenvalue weighted by molar-refractivity contribution is -0.384. The molecule has 1 rings (SSSR count). The summed E-state index contributed by atoms with van der Waals surface area (Å²) in [6.45, 7) is 0. The number of nitrogens with zero attached hydrogens (tertiary/aromatic N) is 1. The van der Waals surface area contributed by atoms with Crippen molar-refractivity contribution in [3.63, 3.8) is 0 Å². The first-order valence-electron chi connectivity index (χ1n) is 8.52. The zero-order valence-corrected chi connectivity index (χ0v) is 17.6. The Bertz CT molecular complexity index is 715. The predicted molar refractivity (Wildman–Crippen MR) is 112 cm³/mol. The maximum atomic E-state index is 12.4. The van der Waals surface area contributed by atoms with Gasteiger partial charge in [0.05, 0.1) is 4.92 Å². The van der Waals surface area contributed by atoms with E-state index in [0.717, 1.165) is 0 Å². The number of nitro groups is 1. The number of benzene rings is 1. The number of hydrogen-bond donors (Lipinski definition) is 3. The number of carbonyl (C=O) groups excluding carboxylic acids is 2. The molecule has 0 heterocycles. The van der Waals surface area contributed by atoms with Crippen molar-refractivity contribution in [2.75, 3.05) is 24.0 Å². The fourth-order valence-corrected chi connectivity index (χ4v) is 3.10. The molecule has 0 bridgehead atoms. The van der Waals surface area contributed by atoms with Crippen LogP contribution in [0, 0.1) is 10.1 Å². The van der Waals surface area contributed by atoms with Crippen molar-refractivity contribution < 1.29 is 29.2 Å². The number of carbonyl (C=O) groups is 3. The van der Waals surface area contributed by atoms with Gasteiger partial charge in [0.25, 0.3) is 5.69 Å². The Morgan fingerprint density at radius 1 is 1.07 bits per heavy atom. The minimum atomic E-state index is -1.16. The molecule has 0 aliphatic heterocycles. The Morgan fingerprint density at radius 3 is 2.07 bits per heavy atom. The largest absolute Gasteiger partial charge is 0.480 e. The van der Waals surface area contributed by atoms with E-state index in [1.807, 2.05) is 12.5 Å². The van der Waals surface area contributed by atoms with Gasteiger partial charge in [-0.15, -0.1) is 0 Å². The number of urea groups is 1. The van der Waals surface area contributed by atoms with Crippen molar-refractivity contribution in [3.05, 3.63) is 34.4 Å². The van der Waals surface area contributed by atoms with Gasteiger partial charge in [-0.3, -0.25) is 10.1 Å². The molecule has 160 valence electrons. The summed E-state index contributed by atoms with van der Waals surface area (Å²) in [6.07, 6.45) is 4.17. The average Bonchev–Trinajstić information content (AvgIpc) is 2.68. The van der Waals surface area contributed by atoms with Crippen LogP contribution in [0.2, 0.25) is 0 Å². The van der Waals surface area contributed by atoms with Crippen LogP contribution >= 0.6 is 23.5 Å². The third-order valence-electron chi connectivity index (χ3n) is 3.68. The smallest absolute Gasteiger partial charge is 0.334 e. The highest BCUT2D eigenvalue weighted by Crippen LogP contribution is 2.18. The molecule has 0 aliphatic carbocycles. The van der Waals surface area contributed by atoms with Gasteiger partial charge in [-0.1, -0.05) is 0 Å². The quantitative estimate of drug-likeness (QED) is 0.190. The number of carboxylic acids is 1. The number of hydrogen-bond acceptors (Lipinski definition) is 8. The van der Waals surface area contributed by atoms with E-state index in [1.165, 1.54) is 47.8 Å². The Labute approximate surface area is 176 Å². The van der Waals surface area contributed by atoms with Crippen LogP contribution in [-0.4, -0.2) is 64.1 Å². The summed E-state index contributed by atoms with van der Waals surface area (Å²) in [5.74, 6) is -0.715. The number of esters is 1. The average molecular weight is 446 g/mol. The number of carboxylic acid groups (broad SMARTS) is 1. The molecule has 3 N–H and O–H groups in total. The molecule has 0 unspecified atom stereocenters. The van der Waals surface area contributed by atoms with Gasteiger partial charge in [-0.05, 0) is 49.0 Å². The second kappa shape index (κ2) is 12.9. The van der Waals surface area contributed by atoms with Crippen LogP contribution in [0.15, 0.2) is 24.3 Å². The molecule has 1 aromatic rings. The van der Waals surface area contributed by atoms with Crippen molar-refractivity contribution in [1.82, 2.24) is 10.6 Å². The van der Waals surface area contributed by atoms with E-state index in [2.05, 4.69) is 10.6 Å². The SMILES string of the molecule is CSCC[C@H](NC(=O)N[C@@H](CCSC)C(=O)Oc1ccc([N+](=O)[O-])cc1)C(=O)O. The predicted octanol–water partition coefficient (Wildman–Crippen LogP) is 2.13. The van der Waals surface area contributed by atoms with Crippen molar-refractivity contribution in [2.24, 2.45) is 0 Å². The van der Waals surface area contributed by atoms with Gasteiger partial charge in [-0.2, -0.15) is 23.5 Å². The van der Waals surface area contributed by atoms with Crippen LogP contribution in [0.25, 0.3) is 0 Å². The number of nitro benzene ring substituents is 1. The van der Waals surface area contributed by atoms with E-state index in [4.69, 9.17) is 4.74 Å². The summed E-state index contributed by atoms with van der Waals surface area (Å²) < 4.78 is 5.19. The Morgan fingerprint density at radius 2 is 1.59 bits per heavy atom. The zero-order chi connectivity index (χ0) is 21.8. The highest BCUT2D eigenvalue weighted by atomic mass is 32.2. The van der Waals surface area contributed by atoms with Crippen molar-refractivity contribution in [2.45, 2.75) is 24.9 Å². The lowest BCUT2D eigenvalue weighted by Crippen LogP contribution is -2.52. The van der Waals surface area contributed by atoms with Gasteiger partial charge in [0.2, 0.25) is 0 Å². The lowest BCUT2D eigenvalue weighted by Gasteiger charge is -2.20. The molecule has 12 heteroatoms. The van der Waals surface area contributed by atoms with Crippen molar-refractivity contribution in [3.8, 4) is 5.75 Å². The van der Waals surface area contributed by atoms with Crippen LogP contribution in [0.1, 0.15) is 12.8 Å². The van der Waals surface area contributed by atoms with E-state index in [9.17, 15) is 29.6 Å². The summed E-state index contributed by atoms with van der Waals surface area (Å²) in [6, 6.07) is 2.09. The summed E-state index contributed by atoms with van der Waals surface area (Å²) in [7, 11) is 0. The van der Waals surface area contributed by atoms with Gasteiger partial charge in [0, 0.05) is 12.1 Å². The van der Waals surface area contributed by atoms with Crippen LogP contribution < -0.4 is 15.4 Å². The minimum Gasteiger partial charge on any atom is -0.480 e. The maximum absolute atomic E-state index is 12.4. The van der Waals surface area contributed by atoms with Gasteiger partial charge in [0.1, 0.15) is 17.8 Å². The number of ether oxygens (including phenoxy) is 1. The standard InChI is InChI=1S/C17H23N3O7S2/c1-28-9-7-13(15(21)22)18-17(24)19-14(8-10-29-2)16(23)27-12-5-3-11(4-6-12)20(25)26/h3-6,13-14H,7-10H2,1-2H3,(H,21,22)(H2,18,19,24)/t13-,14-/m0/s1. The first-order chi connectivity index (χ1) is 13.8. The second-order valence-electron chi connectivity index (χ2n) is 5.80. The molecule has 0 fully saturated rings. The van der Waals surface area contributed by atoms with Crippen LogP contribution in [0.3, 0.4) is 0 Å². The number of rotatable bonds is 12. The first kappa shape index (κ1) is 24.6. The van der Waals surface area contributed by atoms with E-state index >= 15 is 0 Å². The third kappa shape index (κ3) is 9.05. The van der Waals surface area contributed by atoms with Crippen molar-refractivity contribution in [1.29, 1.82) is 0 Å². The topological polar surface area (TPSA) is 148 Å². The maximum Gasteiger partial charge on any atom is 0.334 e.